The van der Waals surface area contributed by atoms with E-state index in [-0.39, 0.29) is 6.54 Å². The standard InChI is InChI=1S/C15H23NO3S/c1-12(2)10-13-4-6-14(7-5-13)20(18,19)16-9-8-15(3,17)11-16/h4-7,12,17H,8-11H2,1-3H3. The Bertz CT molecular complexity index is 561. The van der Waals surface area contributed by atoms with Crippen LogP contribution in [0.3, 0.4) is 0 Å². The minimum Gasteiger partial charge on any atom is -0.389 e. The molecule has 2 rings (SSSR count). The maximum Gasteiger partial charge on any atom is 0.243 e. The van der Waals surface area contributed by atoms with Crippen LogP contribution in [0.25, 0.3) is 0 Å². The summed E-state index contributed by atoms with van der Waals surface area (Å²) in [5.74, 6) is 0.547. The molecule has 1 atom stereocenters. The van der Waals surface area contributed by atoms with Gasteiger partial charge in [0, 0.05) is 13.1 Å². The van der Waals surface area contributed by atoms with E-state index in [1.807, 2.05) is 12.1 Å². The van der Waals surface area contributed by atoms with Crippen molar-refractivity contribution in [3.63, 3.8) is 0 Å². The third-order valence-electron chi connectivity index (χ3n) is 3.62. The summed E-state index contributed by atoms with van der Waals surface area (Å²) in [6.07, 6.45) is 1.43. The summed E-state index contributed by atoms with van der Waals surface area (Å²) in [5, 5.41) is 9.91. The number of aliphatic hydroxyl groups is 1. The fourth-order valence-electron chi connectivity index (χ4n) is 2.53. The van der Waals surface area contributed by atoms with Crippen molar-refractivity contribution >= 4 is 10.0 Å². The number of hydrogen-bond donors (Lipinski definition) is 1. The average molecular weight is 297 g/mol. The van der Waals surface area contributed by atoms with Gasteiger partial charge in [-0.1, -0.05) is 26.0 Å². The highest BCUT2D eigenvalue weighted by molar-refractivity contribution is 7.89. The molecule has 1 N–H and O–H groups in total. The van der Waals surface area contributed by atoms with Crippen LogP contribution in [0, 0.1) is 5.92 Å². The Morgan fingerprint density at radius 3 is 2.35 bits per heavy atom. The molecule has 0 saturated carbocycles. The van der Waals surface area contributed by atoms with Crippen LogP contribution in [0.1, 0.15) is 32.8 Å². The molecule has 1 aromatic carbocycles. The Morgan fingerprint density at radius 1 is 1.30 bits per heavy atom. The molecule has 0 aliphatic carbocycles. The van der Waals surface area contributed by atoms with Gasteiger partial charge in [0.25, 0.3) is 0 Å². The Balaban J connectivity index is 2.18. The Morgan fingerprint density at radius 2 is 1.90 bits per heavy atom. The van der Waals surface area contributed by atoms with Crippen molar-refractivity contribution in [1.82, 2.24) is 4.31 Å². The lowest BCUT2D eigenvalue weighted by Gasteiger charge is -2.19. The van der Waals surface area contributed by atoms with E-state index in [4.69, 9.17) is 0 Å². The molecule has 0 spiro atoms. The van der Waals surface area contributed by atoms with Crippen LogP contribution in [0.2, 0.25) is 0 Å². The molecule has 1 heterocycles. The predicted molar refractivity (Wildman–Crippen MR) is 79.0 cm³/mol. The Kier molecular flexibility index (Phi) is 4.23. The molecule has 1 aliphatic heterocycles. The van der Waals surface area contributed by atoms with Gasteiger partial charge in [-0.3, -0.25) is 0 Å². The van der Waals surface area contributed by atoms with E-state index in [0.29, 0.717) is 23.8 Å². The van der Waals surface area contributed by atoms with Gasteiger partial charge in [-0.2, -0.15) is 4.31 Å². The SMILES string of the molecule is CC(C)Cc1ccc(S(=O)(=O)N2CCC(C)(O)C2)cc1. The molecule has 5 heteroatoms. The minimum absolute atomic E-state index is 0.170. The number of nitrogens with zero attached hydrogens (tertiary/aromatic N) is 1. The molecule has 112 valence electrons. The van der Waals surface area contributed by atoms with Crippen molar-refractivity contribution < 1.29 is 13.5 Å². The summed E-state index contributed by atoms with van der Waals surface area (Å²) in [4.78, 5) is 0.308. The fraction of sp³-hybridized carbons (Fsp3) is 0.600. The maximum absolute atomic E-state index is 12.5. The number of hydrogen-bond acceptors (Lipinski definition) is 3. The van der Waals surface area contributed by atoms with Crippen LogP contribution in [0.4, 0.5) is 0 Å². The van der Waals surface area contributed by atoms with Crippen molar-refractivity contribution in [3.05, 3.63) is 29.8 Å². The van der Waals surface area contributed by atoms with Gasteiger partial charge in [-0.15, -0.1) is 0 Å². The molecule has 1 aliphatic rings. The first-order valence-electron chi connectivity index (χ1n) is 7.02. The molecule has 1 unspecified atom stereocenters. The van der Waals surface area contributed by atoms with Crippen LogP contribution >= 0.6 is 0 Å². The van der Waals surface area contributed by atoms with E-state index < -0.39 is 15.6 Å². The van der Waals surface area contributed by atoms with Gasteiger partial charge in [0.15, 0.2) is 0 Å². The summed E-state index contributed by atoms with van der Waals surface area (Å²) >= 11 is 0. The highest BCUT2D eigenvalue weighted by atomic mass is 32.2. The van der Waals surface area contributed by atoms with Crippen molar-refractivity contribution in [2.45, 2.75) is 44.1 Å². The average Bonchev–Trinajstić information content (AvgIpc) is 2.70. The maximum atomic E-state index is 12.5. The lowest BCUT2D eigenvalue weighted by atomic mass is 10.0. The van der Waals surface area contributed by atoms with E-state index in [9.17, 15) is 13.5 Å². The first kappa shape index (κ1) is 15.5. The molecule has 0 amide bonds. The van der Waals surface area contributed by atoms with Gasteiger partial charge in [0.2, 0.25) is 10.0 Å². The fourth-order valence-corrected chi connectivity index (χ4v) is 4.08. The van der Waals surface area contributed by atoms with E-state index in [2.05, 4.69) is 13.8 Å². The molecule has 1 fully saturated rings. The molecular weight excluding hydrogens is 274 g/mol. The third-order valence-corrected chi connectivity index (χ3v) is 5.48. The minimum atomic E-state index is -3.48. The largest absolute Gasteiger partial charge is 0.389 e. The van der Waals surface area contributed by atoms with Crippen molar-refractivity contribution in [3.8, 4) is 0 Å². The summed E-state index contributed by atoms with van der Waals surface area (Å²) in [6, 6.07) is 7.09. The summed E-state index contributed by atoms with van der Waals surface area (Å²) in [7, 11) is -3.48. The van der Waals surface area contributed by atoms with Gasteiger partial charge in [0.1, 0.15) is 0 Å². The lowest BCUT2D eigenvalue weighted by Crippen LogP contribution is -2.33. The quantitative estimate of drug-likeness (QED) is 0.925. The lowest BCUT2D eigenvalue weighted by molar-refractivity contribution is 0.0762. The molecule has 0 radical (unpaired) electrons. The summed E-state index contributed by atoms with van der Waals surface area (Å²) in [6.45, 7) is 6.49. The van der Waals surface area contributed by atoms with Gasteiger partial charge >= 0.3 is 0 Å². The van der Waals surface area contributed by atoms with Gasteiger partial charge in [-0.25, -0.2) is 8.42 Å². The normalized spacial score (nSPS) is 24.4. The van der Waals surface area contributed by atoms with Crippen LogP contribution in [-0.4, -0.2) is 36.5 Å². The van der Waals surface area contributed by atoms with E-state index in [1.165, 1.54) is 4.31 Å². The van der Waals surface area contributed by atoms with E-state index in [0.717, 1.165) is 12.0 Å². The predicted octanol–water partition coefficient (Wildman–Crippen LogP) is 2.03. The monoisotopic (exact) mass is 297 g/mol. The van der Waals surface area contributed by atoms with Crippen LogP contribution in [0.15, 0.2) is 29.2 Å². The number of benzene rings is 1. The summed E-state index contributed by atoms with van der Waals surface area (Å²) in [5.41, 5.74) is 0.234. The third kappa shape index (κ3) is 3.40. The second-order valence-electron chi connectivity index (χ2n) is 6.33. The van der Waals surface area contributed by atoms with Gasteiger partial charge in [0.05, 0.1) is 10.5 Å². The van der Waals surface area contributed by atoms with Crippen LogP contribution in [0.5, 0.6) is 0 Å². The molecular formula is C15H23NO3S. The van der Waals surface area contributed by atoms with E-state index in [1.54, 1.807) is 19.1 Å². The molecule has 20 heavy (non-hydrogen) atoms. The molecule has 4 nitrogen and oxygen atoms in total. The zero-order valence-corrected chi connectivity index (χ0v) is 13.2. The van der Waals surface area contributed by atoms with E-state index >= 15 is 0 Å². The first-order chi connectivity index (χ1) is 9.21. The zero-order chi connectivity index (χ0) is 15.0. The van der Waals surface area contributed by atoms with Crippen LogP contribution < -0.4 is 0 Å². The molecule has 0 bridgehead atoms. The number of β-amino-alcohol motifs (C(OH)–C–C–N with tert-alkyl or cyclic N) is 1. The molecule has 0 aromatic heterocycles. The molecule has 1 aromatic rings. The number of rotatable bonds is 4. The van der Waals surface area contributed by atoms with Crippen LogP contribution in [-0.2, 0) is 16.4 Å². The van der Waals surface area contributed by atoms with Crippen molar-refractivity contribution in [1.29, 1.82) is 0 Å². The number of sulfonamides is 1. The highest BCUT2D eigenvalue weighted by Crippen LogP contribution is 2.27. The smallest absolute Gasteiger partial charge is 0.243 e. The summed E-state index contributed by atoms with van der Waals surface area (Å²) < 4.78 is 26.3. The Hall–Kier alpha value is -0.910. The zero-order valence-electron chi connectivity index (χ0n) is 12.3. The van der Waals surface area contributed by atoms with Crippen molar-refractivity contribution in [2.24, 2.45) is 5.92 Å². The topological polar surface area (TPSA) is 57.6 Å². The van der Waals surface area contributed by atoms with Gasteiger partial charge in [-0.05, 0) is 43.4 Å². The second kappa shape index (κ2) is 5.47. The van der Waals surface area contributed by atoms with Gasteiger partial charge < -0.3 is 5.11 Å². The first-order valence-corrected chi connectivity index (χ1v) is 8.46. The van der Waals surface area contributed by atoms with Crippen molar-refractivity contribution in [2.75, 3.05) is 13.1 Å². The highest BCUT2D eigenvalue weighted by Gasteiger charge is 2.38. The molecule has 1 saturated heterocycles. The second-order valence-corrected chi connectivity index (χ2v) is 8.27. The Labute approximate surface area is 121 Å².